The van der Waals surface area contributed by atoms with Crippen LogP contribution < -0.4 is 4.90 Å². The Hall–Kier alpha value is -3.02. The first-order chi connectivity index (χ1) is 12.6. The van der Waals surface area contributed by atoms with Gasteiger partial charge >= 0.3 is 0 Å². The smallest absolute Gasteiger partial charge is 0.276 e. The zero-order valence-electron chi connectivity index (χ0n) is 14.8. The topological polar surface area (TPSA) is 72.1 Å². The lowest BCUT2D eigenvalue weighted by Gasteiger charge is -2.17. The number of aromatic nitrogens is 3. The van der Waals surface area contributed by atoms with Crippen LogP contribution in [0.15, 0.2) is 53.2 Å². The van der Waals surface area contributed by atoms with Crippen molar-refractivity contribution < 1.29 is 9.32 Å². The van der Waals surface area contributed by atoms with E-state index in [0.29, 0.717) is 36.3 Å². The van der Waals surface area contributed by atoms with Crippen LogP contribution in [0.1, 0.15) is 43.5 Å². The Morgan fingerprint density at radius 3 is 2.65 bits per heavy atom. The number of carbonyl (C=O) groups is 1. The highest BCUT2D eigenvalue weighted by Crippen LogP contribution is 2.32. The van der Waals surface area contributed by atoms with Gasteiger partial charge in [0, 0.05) is 30.8 Å². The molecular formula is C20H20N4O2. The van der Waals surface area contributed by atoms with E-state index in [-0.39, 0.29) is 11.8 Å². The van der Waals surface area contributed by atoms with Gasteiger partial charge < -0.3 is 9.42 Å². The molecule has 0 saturated carbocycles. The summed E-state index contributed by atoms with van der Waals surface area (Å²) in [5, 5.41) is 4.07. The number of pyridine rings is 1. The molecule has 26 heavy (non-hydrogen) atoms. The van der Waals surface area contributed by atoms with Gasteiger partial charge in [-0.1, -0.05) is 37.2 Å². The van der Waals surface area contributed by atoms with Crippen molar-refractivity contribution in [3.05, 3.63) is 60.0 Å². The van der Waals surface area contributed by atoms with Crippen molar-refractivity contribution in [2.45, 2.75) is 32.1 Å². The second-order valence-corrected chi connectivity index (χ2v) is 6.82. The van der Waals surface area contributed by atoms with Gasteiger partial charge in [0.05, 0.1) is 0 Å². The molecule has 2 aromatic heterocycles. The molecule has 1 amide bonds. The number of rotatable bonds is 4. The molecule has 0 bridgehead atoms. The second kappa shape index (κ2) is 6.71. The Morgan fingerprint density at radius 2 is 1.96 bits per heavy atom. The van der Waals surface area contributed by atoms with Gasteiger partial charge in [-0.15, -0.1) is 0 Å². The zero-order chi connectivity index (χ0) is 18.1. The van der Waals surface area contributed by atoms with Crippen LogP contribution in [-0.4, -0.2) is 27.6 Å². The minimum atomic E-state index is -0.0755. The highest BCUT2D eigenvalue weighted by Gasteiger charge is 2.34. The van der Waals surface area contributed by atoms with E-state index in [1.807, 2.05) is 30.3 Å². The molecule has 1 aromatic carbocycles. The molecule has 1 aliphatic heterocycles. The lowest BCUT2D eigenvalue weighted by atomic mass is 10.0. The maximum atomic E-state index is 12.5. The van der Waals surface area contributed by atoms with Crippen molar-refractivity contribution in [3.63, 3.8) is 0 Å². The van der Waals surface area contributed by atoms with Gasteiger partial charge in [-0.3, -0.25) is 9.78 Å². The molecule has 0 radical (unpaired) electrons. The van der Waals surface area contributed by atoms with E-state index in [1.54, 1.807) is 11.1 Å². The molecule has 1 saturated heterocycles. The molecule has 1 unspecified atom stereocenters. The minimum absolute atomic E-state index is 0.0755. The first-order valence-corrected chi connectivity index (χ1v) is 8.77. The predicted octanol–water partition coefficient (Wildman–Crippen LogP) is 3.78. The summed E-state index contributed by atoms with van der Waals surface area (Å²) in [5.41, 5.74) is 2.81. The summed E-state index contributed by atoms with van der Waals surface area (Å²) < 4.78 is 5.33. The van der Waals surface area contributed by atoms with Crippen LogP contribution in [0.25, 0.3) is 11.6 Å². The van der Waals surface area contributed by atoms with Crippen LogP contribution in [0.5, 0.6) is 0 Å². The van der Waals surface area contributed by atoms with Gasteiger partial charge in [-0.2, -0.15) is 4.98 Å². The zero-order valence-corrected chi connectivity index (χ0v) is 14.8. The molecule has 0 N–H and O–H groups in total. The average molecular weight is 348 g/mol. The van der Waals surface area contributed by atoms with Crippen LogP contribution in [-0.2, 0) is 4.79 Å². The summed E-state index contributed by atoms with van der Waals surface area (Å²) in [4.78, 5) is 22.9. The van der Waals surface area contributed by atoms with Gasteiger partial charge in [-0.05, 0) is 35.7 Å². The number of carbonyl (C=O) groups excluding carboxylic acids is 1. The average Bonchev–Trinajstić information content (AvgIpc) is 3.29. The molecular weight excluding hydrogens is 328 g/mol. The normalized spacial score (nSPS) is 17.3. The summed E-state index contributed by atoms with van der Waals surface area (Å²) in [6.45, 7) is 4.87. The van der Waals surface area contributed by atoms with Crippen molar-refractivity contribution in [2.75, 3.05) is 11.4 Å². The molecule has 6 nitrogen and oxygen atoms in total. The molecule has 3 aromatic rings. The largest absolute Gasteiger partial charge is 0.332 e. The van der Waals surface area contributed by atoms with E-state index in [4.69, 9.17) is 4.52 Å². The quantitative estimate of drug-likeness (QED) is 0.717. The first kappa shape index (κ1) is 16.4. The fourth-order valence-corrected chi connectivity index (χ4v) is 3.16. The summed E-state index contributed by atoms with van der Waals surface area (Å²) in [5.74, 6) is 1.41. The lowest BCUT2D eigenvalue weighted by Crippen LogP contribution is -2.24. The van der Waals surface area contributed by atoms with E-state index in [1.165, 1.54) is 5.56 Å². The maximum absolute atomic E-state index is 12.5. The number of nitrogens with zero attached hydrogens (tertiary/aromatic N) is 4. The Labute approximate surface area is 151 Å². The second-order valence-electron chi connectivity index (χ2n) is 6.82. The van der Waals surface area contributed by atoms with E-state index in [9.17, 15) is 4.79 Å². The van der Waals surface area contributed by atoms with Crippen LogP contribution in [0.4, 0.5) is 5.69 Å². The number of amides is 1. The van der Waals surface area contributed by atoms with Gasteiger partial charge in [-0.25, -0.2) is 0 Å². The molecule has 6 heteroatoms. The molecule has 4 rings (SSSR count). The summed E-state index contributed by atoms with van der Waals surface area (Å²) in [6.07, 6.45) is 2.06. The van der Waals surface area contributed by atoms with Crippen molar-refractivity contribution in [1.29, 1.82) is 0 Å². The number of anilines is 1. The Balaban J connectivity index is 1.52. The first-order valence-electron chi connectivity index (χ1n) is 8.77. The van der Waals surface area contributed by atoms with E-state index in [2.05, 4.69) is 41.1 Å². The van der Waals surface area contributed by atoms with Gasteiger partial charge in [0.15, 0.2) is 5.82 Å². The standard InChI is InChI=1S/C20H20N4O2/c1-13(2)14-6-8-16(9-7-14)24-12-15(11-18(24)25)19-22-20(26-23-19)17-5-3-4-10-21-17/h3-10,13,15H,11-12H2,1-2H3. The fourth-order valence-electron chi connectivity index (χ4n) is 3.16. The summed E-state index contributed by atoms with van der Waals surface area (Å²) in [6, 6.07) is 13.7. The third-order valence-electron chi connectivity index (χ3n) is 4.69. The molecule has 0 aliphatic carbocycles. The van der Waals surface area contributed by atoms with Crippen molar-refractivity contribution >= 4 is 11.6 Å². The number of hydrogen-bond acceptors (Lipinski definition) is 5. The van der Waals surface area contributed by atoms with Crippen molar-refractivity contribution in [2.24, 2.45) is 0 Å². The molecule has 1 atom stereocenters. The SMILES string of the molecule is CC(C)c1ccc(N2CC(c3noc(-c4ccccn4)n3)CC2=O)cc1. The molecule has 3 heterocycles. The third-order valence-corrected chi connectivity index (χ3v) is 4.69. The van der Waals surface area contributed by atoms with Crippen LogP contribution >= 0.6 is 0 Å². The summed E-state index contributed by atoms with van der Waals surface area (Å²) >= 11 is 0. The van der Waals surface area contributed by atoms with E-state index >= 15 is 0 Å². The molecule has 132 valence electrons. The van der Waals surface area contributed by atoms with Gasteiger partial charge in [0.25, 0.3) is 5.89 Å². The maximum Gasteiger partial charge on any atom is 0.276 e. The monoisotopic (exact) mass is 348 g/mol. The van der Waals surface area contributed by atoms with Gasteiger partial charge in [0.1, 0.15) is 5.69 Å². The molecule has 0 spiro atoms. The van der Waals surface area contributed by atoms with Crippen LogP contribution in [0.3, 0.4) is 0 Å². The highest BCUT2D eigenvalue weighted by molar-refractivity contribution is 5.96. The predicted molar refractivity (Wildman–Crippen MR) is 97.8 cm³/mol. The van der Waals surface area contributed by atoms with E-state index < -0.39 is 0 Å². The van der Waals surface area contributed by atoms with Gasteiger partial charge in [0.2, 0.25) is 5.91 Å². The minimum Gasteiger partial charge on any atom is -0.332 e. The Kier molecular flexibility index (Phi) is 4.24. The highest BCUT2D eigenvalue weighted by atomic mass is 16.5. The number of hydrogen-bond donors (Lipinski definition) is 0. The lowest BCUT2D eigenvalue weighted by molar-refractivity contribution is -0.117. The Bertz CT molecular complexity index is 903. The summed E-state index contributed by atoms with van der Waals surface area (Å²) in [7, 11) is 0. The van der Waals surface area contributed by atoms with Crippen LogP contribution in [0.2, 0.25) is 0 Å². The number of benzene rings is 1. The van der Waals surface area contributed by atoms with Crippen LogP contribution in [0, 0.1) is 0 Å². The fraction of sp³-hybridized carbons (Fsp3) is 0.300. The Morgan fingerprint density at radius 1 is 1.15 bits per heavy atom. The van der Waals surface area contributed by atoms with E-state index in [0.717, 1.165) is 5.69 Å². The third kappa shape index (κ3) is 3.10. The molecule has 1 aliphatic rings. The van der Waals surface area contributed by atoms with Crippen molar-refractivity contribution in [1.82, 2.24) is 15.1 Å². The molecule has 1 fully saturated rings. The van der Waals surface area contributed by atoms with Crippen molar-refractivity contribution in [3.8, 4) is 11.6 Å².